The monoisotopic (exact) mass is 689 g/mol. The minimum Gasteiger partial charge on any atom is -0.462 e. The molecule has 0 aromatic heterocycles. The molecule has 3 N–H and O–H groups in total. The van der Waals surface area contributed by atoms with Gasteiger partial charge >= 0.3 is 19.8 Å². The van der Waals surface area contributed by atoms with Gasteiger partial charge in [0.05, 0.1) is 13.2 Å². The molecule has 0 saturated carbocycles. The summed E-state index contributed by atoms with van der Waals surface area (Å²) in [7, 11) is -4.36. The van der Waals surface area contributed by atoms with Gasteiger partial charge in [-0.1, -0.05) is 142 Å². The van der Waals surface area contributed by atoms with Crippen LogP contribution in [0, 0.1) is 0 Å². The van der Waals surface area contributed by atoms with Gasteiger partial charge in [0, 0.05) is 19.4 Å². The first-order chi connectivity index (χ1) is 22.8. The summed E-state index contributed by atoms with van der Waals surface area (Å²) in [5.74, 6) is -0.834. The Morgan fingerprint density at radius 3 is 1.51 bits per heavy atom. The van der Waals surface area contributed by atoms with Crippen molar-refractivity contribution < 1.29 is 37.6 Å². The molecule has 47 heavy (non-hydrogen) atoms. The molecule has 9 nitrogen and oxygen atoms in total. The highest BCUT2D eigenvalue weighted by atomic mass is 31.2. The maximum atomic E-state index is 12.5. The lowest BCUT2D eigenvalue weighted by molar-refractivity contribution is -0.161. The van der Waals surface area contributed by atoms with Crippen LogP contribution in [-0.4, -0.2) is 49.3 Å². The zero-order valence-corrected chi connectivity index (χ0v) is 31.2. The first-order valence-electron chi connectivity index (χ1n) is 19.2. The molecular formula is C37H72NO8P. The highest BCUT2D eigenvalue weighted by Crippen LogP contribution is 2.43. The zero-order valence-electron chi connectivity index (χ0n) is 30.3. The van der Waals surface area contributed by atoms with Crippen LogP contribution in [0.2, 0.25) is 0 Å². The maximum Gasteiger partial charge on any atom is 0.472 e. The molecule has 0 heterocycles. The van der Waals surface area contributed by atoms with Crippen molar-refractivity contribution in [3.63, 3.8) is 0 Å². The number of rotatable bonds is 36. The predicted octanol–water partition coefficient (Wildman–Crippen LogP) is 10.3. The highest BCUT2D eigenvalue weighted by Gasteiger charge is 2.25. The summed E-state index contributed by atoms with van der Waals surface area (Å²) in [6.07, 6.45) is 32.5. The summed E-state index contributed by atoms with van der Waals surface area (Å²) in [6.45, 7) is 3.69. The van der Waals surface area contributed by atoms with Crippen LogP contribution in [0.5, 0.6) is 0 Å². The van der Waals surface area contributed by atoms with E-state index in [4.69, 9.17) is 24.3 Å². The van der Waals surface area contributed by atoms with Crippen LogP contribution in [-0.2, 0) is 32.7 Å². The van der Waals surface area contributed by atoms with Gasteiger partial charge in [0.2, 0.25) is 0 Å². The summed E-state index contributed by atoms with van der Waals surface area (Å²) in [5, 5.41) is 0. The molecule has 2 unspecified atom stereocenters. The lowest BCUT2D eigenvalue weighted by atomic mass is 10.1. The van der Waals surface area contributed by atoms with E-state index in [1.54, 1.807) is 0 Å². The Hall–Kier alpha value is -1.25. The average molecular weight is 690 g/mol. The molecule has 0 aliphatic heterocycles. The number of esters is 2. The fourth-order valence-corrected chi connectivity index (χ4v) is 6.04. The molecule has 0 aliphatic rings. The Bertz CT molecular complexity index is 794. The van der Waals surface area contributed by atoms with Crippen molar-refractivity contribution in [1.82, 2.24) is 0 Å². The molecule has 0 aromatic carbocycles. The lowest BCUT2D eigenvalue weighted by Crippen LogP contribution is -2.29. The third kappa shape index (κ3) is 34.4. The van der Waals surface area contributed by atoms with Crippen LogP contribution < -0.4 is 5.73 Å². The van der Waals surface area contributed by atoms with Crippen molar-refractivity contribution in [1.29, 1.82) is 0 Å². The van der Waals surface area contributed by atoms with Crippen molar-refractivity contribution in [2.24, 2.45) is 5.73 Å². The van der Waals surface area contributed by atoms with Crippen LogP contribution in [0.15, 0.2) is 12.2 Å². The van der Waals surface area contributed by atoms with Gasteiger partial charge in [-0.3, -0.25) is 18.6 Å². The van der Waals surface area contributed by atoms with Crippen molar-refractivity contribution in [2.75, 3.05) is 26.4 Å². The van der Waals surface area contributed by atoms with E-state index >= 15 is 0 Å². The van der Waals surface area contributed by atoms with Gasteiger partial charge in [0.1, 0.15) is 6.61 Å². The fraction of sp³-hybridized carbons (Fsp3) is 0.892. The van der Waals surface area contributed by atoms with Gasteiger partial charge in [0.25, 0.3) is 0 Å². The molecular weight excluding hydrogens is 617 g/mol. The number of phosphoric acid groups is 1. The number of unbranched alkanes of at least 4 members (excludes halogenated alkanes) is 21. The number of allylic oxidation sites excluding steroid dienone is 2. The van der Waals surface area contributed by atoms with Crippen LogP contribution in [0.3, 0.4) is 0 Å². The normalized spacial score (nSPS) is 13.5. The van der Waals surface area contributed by atoms with Crippen LogP contribution in [0.4, 0.5) is 0 Å². The quantitative estimate of drug-likeness (QED) is 0.0285. The Balaban J connectivity index is 4.14. The Morgan fingerprint density at radius 1 is 0.617 bits per heavy atom. The third-order valence-corrected chi connectivity index (χ3v) is 9.14. The molecule has 0 saturated heterocycles. The fourth-order valence-electron chi connectivity index (χ4n) is 5.28. The highest BCUT2D eigenvalue weighted by molar-refractivity contribution is 7.47. The van der Waals surface area contributed by atoms with Gasteiger partial charge in [0.15, 0.2) is 6.10 Å². The molecule has 278 valence electrons. The van der Waals surface area contributed by atoms with E-state index in [1.807, 2.05) is 0 Å². The Morgan fingerprint density at radius 2 is 1.04 bits per heavy atom. The second-order valence-electron chi connectivity index (χ2n) is 12.8. The summed E-state index contributed by atoms with van der Waals surface area (Å²) in [6, 6.07) is 0. The smallest absolute Gasteiger partial charge is 0.462 e. The van der Waals surface area contributed by atoms with Crippen molar-refractivity contribution in [2.45, 2.75) is 187 Å². The molecule has 10 heteroatoms. The summed E-state index contributed by atoms with van der Waals surface area (Å²) in [4.78, 5) is 34.6. The molecule has 0 amide bonds. The minimum absolute atomic E-state index is 0.0550. The average Bonchev–Trinajstić information content (AvgIpc) is 3.05. The van der Waals surface area contributed by atoms with Crippen LogP contribution in [0.25, 0.3) is 0 Å². The number of hydrogen-bond acceptors (Lipinski definition) is 8. The van der Waals surface area contributed by atoms with Crippen LogP contribution >= 0.6 is 7.82 Å². The number of ether oxygens (including phenoxy) is 2. The van der Waals surface area contributed by atoms with Crippen molar-refractivity contribution >= 4 is 19.8 Å². The number of carbonyl (C=O) groups excluding carboxylic acids is 2. The Kier molecular flexibility index (Phi) is 33.7. The SMILES string of the molecule is CCCCCCCCC/C=C\CCCCCCCCCC(=O)OC(COC(=O)CCCCCCCCCC)COP(=O)(O)OCCN. The summed E-state index contributed by atoms with van der Waals surface area (Å²) < 4.78 is 32.6. The molecule has 0 spiro atoms. The van der Waals surface area contributed by atoms with E-state index in [-0.39, 0.29) is 38.6 Å². The van der Waals surface area contributed by atoms with Gasteiger partial charge in [-0.15, -0.1) is 0 Å². The molecule has 0 aromatic rings. The van der Waals surface area contributed by atoms with E-state index in [2.05, 4.69) is 26.0 Å². The van der Waals surface area contributed by atoms with Gasteiger partial charge in [-0.2, -0.15) is 0 Å². The second kappa shape index (κ2) is 34.6. The third-order valence-electron chi connectivity index (χ3n) is 8.15. The number of phosphoric ester groups is 1. The molecule has 0 fully saturated rings. The summed E-state index contributed by atoms with van der Waals surface area (Å²) >= 11 is 0. The van der Waals surface area contributed by atoms with E-state index in [9.17, 15) is 19.0 Å². The van der Waals surface area contributed by atoms with Gasteiger partial charge in [-0.05, 0) is 38.5 Å². The largest absolute Gasteiger partial charge is 0.472 e. The molecule has 0 aliphatic carbocycles. The maximum absolute atomic E-state index is 12.5. The zero-order chi connectivity index (χ0) is 34.7. The van der Waals surface area contributed by atoms with E-state index < -0.39 is 26.5 Å². The predicted molar refractivity (Wildman–Crippen MR) is 192 cm³/mol. The van der Waals surface area contributed by atoms with Gasteiger partial charge < -0.3 is 20.1 Å². The number of nitrogens with two attached hydrogens (primary N) is 1. The van der Waals surface area contributed by atoms with Crippen molar-refractivity contribution in [3.05, 3.63) is 12.2 Å². The van der Waals surface area contributed by atoms with E-state index in [1.165, 1.54) is 103 Å². The minimum atomic E-state index is -4.36. The standard InChI is InChI=1S/C37H72NO8P/c1-3-5-7-9-11-13-14-15-16-17-18-19-20-21-22-24-26-28-30-37(40)46-35(34-45-47(41,42)44-32-31-38)33-43-36(39)29-27-25-23-12-10-8-6-4-2/h16-17,35H,3-15,18-34,38H2,1-2H3,(H,41,42)/b17-16-. The molecule has 0 radical (unpaired) electrons. The lowest BCUT2D eigenvalue weighted by Gasteiger charge is -2.19. The molecule has 0 rings (SSSR count). The Labute approximate surface area is 288 Å². The second-order valence-corrected chi connectivity index (χ2v) is 14.3. The van der Waals surface area contributed by atoms with Crippen LogP contribution in [0.1, 0.15) is 181 Å². The van der Waals surface area contributed by atoms with E-state index in [0.717, 1.165) is 44.9 Å². The first kappa shape index (κ1) is 45.8. The summed E-state index contributed by atoms with van der Waals surface area (Å²) in [5.41, 5.74) is 5.32. The van der Waals surface area contributed by atoms with Gasteiger partial charge in [-0.25, -0.2) is 4.57 Å². The van der Waals surface area contributed by atoms with E-state index in [0.29, 0.717) is 6.42 Å². The molecule has 2 atom stereocenters. The number of carbonyl (C=O) groups is 2. The first-order valence-corrected chi connectivity index (χ1v) is 20.7. The van der Waals surface area contributed by atoms with Crippen molar-refractivity contribution in [3.8, 4) is 0 Å². The topological polar surface area (TPSA) is 134 Å². The molecule has 0 bridgehead atoms. The number of hydrogen-bond donors (Lipinski definition) is 2.